The smallest absolute Gasteiger partial charge is 0.334 e. The minimum atomic E-state index is -0.670. The summed E-state index contributed by atoms with van der Waals surface area (Å²) in [5.74, 6) is -0.156. The molecular weight excluding hydrogens is 302 g/mol. The molecule has 0 amide bonds. The van der Waals surface area contributed by atoms with Crippen LogP contribution < -0.4 is 0 Å². The van der Waals surface area contributed by atoms with Crippen LogP contribution in [0, 0.1) is 6.92 Å². The van der Waals surface area contributed by atoms with Crippen LogP contribution in [0.4, 0.5) is 0 Å². The molecule has 1 aromatic heterocycles. The predicted octanol–water partition coefficient (Wildman–Crippen LogP) is 2.75. The van der Waals surface area contributed by atoms with Crippen LogP contribution in [0.15, 0.2) is 42.6 Å². The summed E-state index contributed by atoms with van der Waals surface area (Å²) in [6.45, 7) is 6.86. The molecule has 2 heterocycles. The van der Waals surface area contributed by atoms with Gasteiger partial charge in [-0.2, -0.15) is 5.10 Å². The minimum absolute atomic E-state index is 0.156. The Morgan fingerprint density at radius 2 is 1.92 bits per heavy atom. The maximum Gasteiger partial charge on any atom is 0.334 e. The number of carbonyl (C=O) groups is 1. The first-order valence-corrected chi connectivity index (χ1v) is 8.60. The third kappa shape index (κ3) is 3.22. The number of carbonyl (C=O) groups excluding carboxylic acids is 1. The van der Waals surface area contributed by atoms with E-state index in [1.165, 1.54) is 5.56 Å². The van der Waals surface area contributed by atoms with Gasteiger partial charge in [0, 0.05) is 31.5 Å². The fraction of sp³-hybridized carbons (Fsp3) is 0.474. The second kappa shape index (κ2) is 7.18. The topological polar surface area (TPSA) is 47.4 Å². The zero-order valence-corrected chi connectivity index (χ0v) is 14.4. The van der Waals surface area contributed by atoms with Crippen molar-refractivity contribution < 1.29 is 9.53 Å². The van der Waals surface area contributed by atoms with Crippen LogP contribution in [-0.2, 0) is 21.6 Å². The third-order valence-corrected chi connectivity index (χ3v) is 4.83. The summed E-state index contributed by atoms with van der Waals surface area (Å²) in [7, 11) is 0. The van der Waals surface area contributed by atoms with Gasteiger partial charge < -0.3 is 4.74 Å². The lowest BCUT2D eigenvalue weighted by molar-refractivity contribution is -0.157. The standard InChI is InChI=1S/C19H25N3O2/c1-3-24-18(23)19(22-16(2)9-12-20-22)10-13-21(14-11-19)15-17-7-5-4-6-8-17/h4-9,12H,3,10-11,13-15H2,1-2H3. The Morgan fingerprint density at radius 1 is 1.21 bits per heavy atom. The fourth-order valence-electron chi connectivity index (χ4n) is 3.51. The molecular formula is C19H25N3O2. The molecule has 0 bridgehead atoms. The maximum atomic E-state index is 12.7. The first-order valence-electron chi connectivity index (χ1n) is 8.60. The van der Waals surface area contributed by atoms with Crippen LogP contribution in [0.25, 0.3) is 0 Å². The van der Waals surface area contributed by atoms with Gasteiger partial charge in [0.1, 0.15) is 0 Å². The van der Waals surface area contributed by atoms with Gasteiger partial charge in [0.05, 0.1) is 6.61 Å². The summed E-state index contributed by atoms with van der Waals surface area (Å²) in [5.41, 5.74) is 1.63. The number of ether oxygens (including phenoxy) is 1. The van der Waals surface area contributed by atoms with Crippen LogP contribution in [-0.4, -0.2) is 40.3 Å². The molecule has 2 aromatic rings. The van der Waals surface area contributed by atoms with E-state index >= 15 is 0 Å². The molecule has 5 heteroatoms. The molecule has 1 aliphatic rings. The molecule has 128 valence electrons. The van der Waals surface area contributed by atoms with Crippen LogP contribution in [0.1, 0.15) is 31.0 Å². The van der Waals surface area contributed by atoms with E-state index in [4.69, 9.17) is 4.74 Å². The Bertz CT molecular complexity index is 673. The lowest BCUT2D eigenvalue weighted by Crippen LogP contribution is -2.52. The predicted molar refractivity (Wildman–Crippen MR) is 92.5 cm³/mol. The van der Waals surface area contributed by atoms with E-state index in [1.54, 1.807) is 6.20 Å². The van der Waals surface area contributed by atoms with Gasteiger partial charge in [-0.25, -0.2) is 4.79 Å². The van der Waals surface area contributed by atoms with Gasteiger partial charge in [0.25, 0.3) is 0 Å². The van der Waals surface area contributed by atoms with Crippen LogP contribution in [0.5, 0.6) is 0 Å². The first-order chi connectivity index (χ1) is 11.7. The Balaban J connectivity index is 1.76. The lowest BCUT2D eigenvalue weighted by atomic mass is 9.87. The number of aromatic nitrogens is 2. The Hall–Kier alpha value is -2.14. The molecule has 1 fully saturated rings. The molecule has 0 radical (unpaired) electrons. The fourth-order valence-corrected chi connectivity index (χ4v) is 3.51. The van der Waals surface area contributed by atoms with Crippen molar-refractivity contribution >= 4 is 5.97 Å². The summed E-state index contributed by atoms with van der Waals surface area (Å²) in [4.78, 5) is 15.1. The van der Waals surface area contributed by atoms with E-state index in [0.29, 0.717) is 6.61 Å². The van der Waals surface area contributed by atoms with E-state index in [1.807, 2.05) is 30.7 Å². The highest BCUT2D eigenvalue weighted by Gasteiger charge is 2.45. The van der Waals surface area contributed by atoms with Gasteiger partial charge in [0.2, 0.25) is 0 Å². The summed E-state index contributed by atoms with van der Waals surface area (Å²) in [6.07, 6.45) is 3.20. The Morgan fingerprint density at radius 3 is 2.50 bits per heavy atom. The number of piperidine rings is 1. The average molecular weight is 327 g/mol. The van der Waals surface area contributed by atoms with Gasteiger partial charge in [-0.15, -0.1) is 0 Å². The molecule has 0 aliphatic carbocycles. The quantitative estimate of drug-likeness (QED) is 0.792. The number of rotatable bonds is 5. The Labute approximate surface area is 143 Å². The van der Waals surface area contributed by atoms with Crippen LogP contribution >= 0.6 is 0 Å². The maximum absolute atomic E-state index is 12.7. The van der Waals surface area contributed by atoms with Gasteiger partial charge >= 0.3 is 5.97 Å². The largest absolute Gasteiger partial charge is 0.464 e. The van der Waals surface area contributed by atoms with Crippen LogP contribution in [0.3, 0.4) is 0 Å². The summed E-state index contributed by atoms with van der Waals surface area (Å²) >= 11 is 0. The number of hydrogen-bond acceptors (Lipinski definition) is 4. The molecule has 0 atom stereocenters. The van der Waals surface area contributed by atoms with Gasteiger partial charge in [-0.1, -0.05) is 30.3 Å². The van der Waals surface area contributed by atoms with E-state index in [9.17, 15) is 4.79 Å². The summed E-state index contributed by atoms with van der Waals surface area (Å²) < 4.78 is 7.26. The lowest BCUT2D eigenvalue weighted by Gasteiger charge is -2.40. The third-order valence-electron chi connectivity index (χ3n) is 4.83. The molecule has 24 heavy (non-hydrogen) atoms. The number of esters is 1. The first kappa shape index (κ1) is 16.7. The summed E-state index contributed by atoms with van der Waals surface area (Å²) in [6, 6.07) is 12.4. The molecule has 0 saturated carbocycles. The van der Waals surface area contributed by atoms with E-state index in [0.717, 1.165) is 38.2 Å². The van der Waals surface area contributed by atoms with Crippen molar-refractivity contribution in [3.05, 3.63) is 53.9 Å². The average Bonchev–Trinajstić information content (AvgIpc) is 3.03. The second-order valence-electron chi connectivity index (χ2n) is 6.40. The SMILES string of the molecule is CCOC(=O)C1(n2nccc2C)CCN(Cc2ccccc2)CC1. The van der Waals surface area contributed by atoms with Gasteiger partial charge in [0.15, 0.2) is 5.54 Å². The Kier molecular flexibility index (Phi) is 5.00. The van der Waals surface area contributed by atoms with Crippen molar-refractivity contribution in [2.24, 2.45) is 0 Å². The molecule has 1 aromatic carbocycles. The van der Waals surface area contributed by atoms with Crippen LogP contribution in [0.2, 0.25) is 0 Å². The molecule has 0 unspecified atom stereocenters. The van der Waals surface area contributed by atoms with Crippen molar-refractivity contribution in [3.8, 4) is 0 Å². The van der Waals surface area contributed by atoms with E-state index < -0.39 is 5.54 Å². The minimum Gasteiger partial charge on any atom is -0.464 e. The number of hydrogen-bond donors (Lipinski definition) is 0. The van der Waals surface area contributed by atoms with E-state index in [2.05, 4.69) is 34.3 Å². The molecule has 1 saturated heterocycles. The highest BCUT2D eigenvalue weighted by atomic mass is 16.5. The molecule has 5 nitrogen and oxygen atoms in total. The van der Waals surface area contributed by atoms with Crippen molar-refractivity contribution in [3.63, 3.8) is 0 Å². The number of benzene rings is 1. The monoisotopic (exact) mass is 327 g/mol. The highest BCUT2D eigenvalue weighted by Crippen LogP contribution is 2.33. The number of likely N-dealkylation sites (tertiary alicyclic amines) is 1. The molecule has 0 spiro atoms. The van der Waals surface area contributed by atoms with Crippen molar-refractivity contribution in [1.29, 1.82) is 0 Å². The molecule has 0 N–H and O–H groups in total. The van der Waals surface area contributed by atoms with Gasteiger partial charge in [-0.3, -0.25) is 9.58 Å². The number of nitrogens with zero attached hydrogens (tertiary/aromatic N) is 3. The second-order valence-corrected chi connectivity index (χ2v) is 6.40. The molecule has 1 aliphatic heterocycles. The number of aryl methyl sites for hydroxylation is 1. The van der Waals surface area contributed by atoms with Gasteiger partial charge in [-0.05, 0) is 38.3 Å². The van der Waals surface area contributed by atoms with Crippen molar-refractivity contribution in [2.75, 3.05) is 19.7 Å². The van der Waals surface area contributed by atoms with Crippen molar-refractivity contribution in [1.82, 2.24) is 14.7 Å². The normalized spacial score (nSPS) is 17.6. The molecule has 3 rings (SSSR count). The zero-order valence-electron chi connectivity index (χ0n) is 14.4. The highest BCUT2D eigenvalue weighted by molar-refractivity contribution is 5.79. The summed E-state index contributed by atoms with van der Waals surface area (Å²) in [5, 5.41) is 4.42. The zero-order chi connectivity index (χ0) is 17.0. The van der Waals surface area contributed by atoms with E-state index in [-0.39, 0.29) is 5.97 Å². The van der Waals surface area contributed by atoms with Crippen molar-refractivity contribution in [2.45, 2.75) is 38.8 Å².